The second-order valence-corrected chi connectivity index (χ2v) is 29.9. The predicted octanol–water partition coefficient (Wildman–Crippen LogP) is 25.4. The summed E-state index contributed by atoms with van der Waals surface area (Å²) in [6, 6.07) is -0.862. The molecule has 3 unspecified atom stereocenters. The van der Waals surface area contributed by atoms with E-state index in [1.54, 1.807) is 6.08 Å². The SMILES string of the molecule is CCCCCCCCCCCCCCCCCCCCCCCC/C=C/CC/C=C/C(O)C(COP(=O)(O)OCC[N+](C)(C)C)NC(=O)CCCCCCCCCCCCCCCCCCCCCCCCCCCCCCCCCCCCCCC. The van der Waals surface area contributed by atoms with E-state index in [0.717, 1.165) is 38.5 Å². The third-order valence-electron chi connectivity index (χ3n) is 18.4. The fourth-order valence-corrected chi connectivity index (χ4v) is 13.1. The predicted molar refractivity (Wildman–Crippen MR) is 383 cm³/mol. The van der Waals surface area contributed by atoms with E-state index < -0.39 is 20.0 Å². The third kappa shape index (κ3) is 72.3. The number of carbonyl (C=O) groups excluding carboxylic acids is 1. The van der Waals surface area contributed by atoms with Crippen LogP contribution >= 0.6 is 7.82 Å². The zero-order valence-electron chi connectivity index (χ0n) is 59.6. The van der Waals surface area contributed by atoms with Gasteiger partial charge in [-0.2, -0.15) is 0 Å². The van der Waals surface area contributed by atoms with Crippen LogP contribution in [0.4, 0.5) is 0 Å². The molecule has 8 nitrogen and oxygen atoms in total. The van der Waals surface area contributed by atoms with Crippen molar-refractivity contribution >= 4 is 13.7 Å². The first-order chi connectivity index (χ1) is 42.5. The molecule has 518 valence electrons. The molecule has 0 saturated carbocycles. The molecule has 0 fully saturated rings. The van der Waals surface area contributed by atoms with Crippen molar-refractivity contribution in [1.29, 1.82) is 0 Å². The summed E-state index contributed by atoms with van der Waals surface area (Å²) in [5.74, 6) is -0.176. The first-order valence-corrected chi connectivity index (χ1v) is 40.7. The van der Waals surface area contributed by atoms with E-state index >= 15 is 0 Å². The Hall–Kier alpha value is -1.02. The fourth-order valence-electron chi connectivity index (χ4n) is 12.4. The van der Waals surface area contributed by atoms with Crippen LogP contribution in [0.15, 0.2) is 24.3 Å². The maximum atomic E-state index is 13.1. The van der Waals surface area contributed by atoms with Crippen molar-refractivity contribution in [3.63, 3.8) is 0 Å². The summed E-state index contributed by atoms with van der Waals surface area (Å²) in [4.78, 5) is 23.5. The van der Waals surface area contributed by atoms with Crippen molar-refractivity contribution < 1.29 is 32.9 Å². The summed E-state index contributed by atoms with van der Waals surface area (Å²) >= 11 is 0. The van der Waals surface area contributed by atoms with Gasteiger partial charge in [-0.05, 0) is 32.1 Å². The number of aliphatic hydroxyl groups excluding tert-OH is 1. The summed E-state index contributed by atoms with van der Waals surface area (Å²) in [5, 5.41) is 14.0. The molecule has 0 radical (unpaired) electrons. The Kier molecular flexibility index (Phi) is 68.5. The first kappa shape index (κ1) is 86.0. The van der Waals surface area contributed by atoms with E-state index in [2.05, 4.69) is 31.3 Å². The largest absolute Gasteiger partial charge is 0.472 e. The van der Waals surface area contributed by atoms with Gasteiger partial charge in [-0.25, -0.2) is 4.57 Å². The van der Waals surface area contributed by atoms with E-state index in [-0.39, 0.29) is 19.1 Å². The molecule has 0 aliphatic carbocycles. The number of hydrogen-bond donors (Lipinski definition) is 3. The van der Waals surface area contributed by atoms with Crippen LogP contribution in [0.2, 0.25) is 0 Å². The van der Waals surface area contributed by atoms with Crippen LogP contribution in [0.1, 0.15) is 418 Å². The molecule has 1 amide bonds. The number of aliphatic hydroxyl groups is 1. The van der Waals surface area contributed by atoms with E-state index in [0.29, 0.717) is 17.4 Å². The lowest BCUT2D eigenvalue weighted by Crippen LogP contribution is -2.45. The monoisotopic (exact) mass is 1250 g/mol. The van der Waals surface area contributed by atoms with Gasteiger partial charge in [-0.3, -0.25) is 13.8 Å². The van der Waals surface area contributed by atoms with Gasteiger partial charge < -0.3 is 19.8 Å². The van der Waals surface area contributed by atoms with Crippen molar-refractivity contribution in [1.82, 2.24) is 5.32 Å². The summed E-state index contributed by atoms with van der Waals surface area (Å²) in [7, 11) is 1.58. The number of nitrogens with zero attached hydrogens (tertiary/aromatic N) is 1. The first-order valence-electron chi connectivity index (χ1n) is 39.2. The molecule has 0 aromatic rings. The minimum absolute atomic E-state index is 0.0592. The van der Waals surface area contributed by atoms with Crippen LogP contribution in [0, 0.1) is 0 Å². The molecule has 0 bridgehead atoms. The molecule has 0 rings (SSSR count). The Balaban J connectivity index is 3.96. The van der Waals surface area contributed by atoms with E-state index in [9.17, 15) is 19.4 Å². The fraction of sp³-hybridized carbons (Fsp3) is 0.936. The van der Waals surface area contributed by atoms with Crippen LogP contribution in [-0.2, 0) is 18.4 Å². The number of unbranched alkanes of at least 4 members (excludes halogenated alkanes) is 59. The number of carbonyl (C=O) groups is 1. The topological polar surface area (TPSA) is 105 Å². The molecule has 0 heterocycles. The lowest BCUT2D eigenvalue weighted by Gasteiger charge is -2.25. The van der Waals surface area contributed by atoms with Gasteiger partial charge in [0, 0.05) is 6.42 Å². The van der Waals surface area contributed by atoms with E-state index in [1.165, 1.54) is 360 Å². The number of phosphoric ester groups is 1. The maximum Gasteiger partial charge on any atom is 0.472 e. The number of amides is 1. The normalized spacial score (nSPS) is 13.6. The van der Waals surface area contributed by atoms with Crippen LogP contribution in [0.5, 0.6) is 0 Å². The van der Waals surface area contributed by atoms with Crippen molar-refractivity contribution in [2.24, 2.45) is 0 Å². The third-order valence-corrected chi connectivity index (χ3v) is 19.4. The Bertz CT molecular complexity index is 1470. The van der Waals surface area contributed by atoms with E-state index in [1.807, 2.05) is 27.2 Å². The van der Waals surface area contributed by atoms with Crippen molar-refractivity contribution in [2.75, 3.05) is 40.9 Å². The van der Waals surface area contributed by atoms with Gasteiger partial charge in [0.15, 0.2) is 0 Å². The highest BCUT2D eigenvalue weighted by molar-refractivity contribution is 7.47. The summed E-state index contributed by atoms with van der Waals surface area (Å²) in [6.07, 6.45) is 92.4. The number of nitrogens with one attached hydrogen (secondary N) is 1. The zero-order valence-corrected chi connectivity index (χ0v) is 60.4. The van der Waals surface area contributed by atoms with Gasteiger partial charge in [0.1, 0.15) is 13.2 Å². The standard InChI is InChI=1S/C78H155N2O6P/c1-6-8-10-12-14-16-18-20-22-24-26-28-30-32-34-36-37-38-39-40-41-42-43-44-46-48-50-52-54-56-58-60-62-64-66-68-70-72-78(82)79-76(75-86-87(83,84)85-74-73-80(3,4)5)77(81)71-69-67-65-63-61-59-57-55-53-51-49-47-45-35-33-31-29-27-25-23-21-19-17-15-13-11-9-7-2/h61,63,69,71,76-77,81H,6-60,62,64-68,70,72-75H2,1-5H3,(H-,79,82,83,84)/p+1/b63-61+,71-69+. The molecule has 0 aliphatic heterocycles. The van der Waals surface area contributed by atoms with Crippen molar-refractivity contribution in [2.45, 2.75) is 431 Å². The van der Waals surface area contributed by atoms with Gasteiger partial charge in [0.05, 0.1) is 39.9 Å². The average Bonchev–Trinajstić information content (AvgIpc) is 3.69. The van der Waals surface area contributed by atoms with Gasteiger partial charge in [0.25, 0.3) is 0 Å². The Labute approximate surface area is 545 Å². The lowest BCUT2D eigenvalue weighted by molar-refractivity contribution is -0.870. The molecular weight excluding hydrogens is 1090 g/mol. The molecule has 0 spiro atoms. The van der Waals surface area contributed by atoms with Gasteiger partial charge >= 0.3 is 7.82 Å². The smallest absolute Gasteiger partial charge is 0.387 e. The van der Waals surface area contributed by atoms with Crippen LogP contribution in [-0.4, -0.2) is 73.4 Å². The zero-order chi connectivity index (χ0) is 63.4. The van der Waals surface area contributed by atoms with Crippen molar-refractivity contribution in [3.8, 4) is 0 Å². The van der Waals surface area contributed by atoms with Gasteiger partial charge in [0.2, 0.25) is 5.91 Å². The van der Waals surface area contributed by atoms with Gasteiger partial charge in [-0.15, -0.1) is 0 Å². The van der Waals surface area contributed by atoms with Gasteiger partial charge in [-0.1, -0.05) is 404 Å². The minimum Gasteiger partial charge on any atom is -0.387 e. The number of likely N-dealkylation sites (N-methyl/N-ethyl adjacent to an activating group) is 1. The maximum absolute atomic E-state index is 13.1. The van der Waals surface area contributed by atoms with Crippen LogP contribution < -0.4 is 5.32 Å². The number of phosphoric acid groups is 1. The number of allylic oxidation sites excluding steroid dienone is 3. The second kappa shape index (κ2) is 69.3. The average molecular weight is 1250 g/mol. The van der Waals surface area contributed by atoms with Crippen LogP contribution in [0.25, 0.3) is 0 Å². The highest BCUT2D eigenvalue weighted by atomic mass is 31.2. The summed E-state index contributed by atoms with van der Waals surface area (Å²) < 4.78 is 23.8. The van der Waals surface area contributed by atoms with Crippen LogP contribution in [0.3, 0.4) is 0 Å². The Morgan fingerprint density at radius 1 is 0.379 bits per heavy atom. The molecular formula is C78H156N2O6P+. The molecule has 87 heavy (non-hydrogen) atoms. The Morgan fingerprint density at radius 2 is 0.632 bits per heavy atom. The highest BCUT2D eigenvalue weighted by Gasteiger charge is 2.28. The molecule has 0 aromatic carbocycles. The quantitative estimate of drug-likeness (QED) is 0.0243. The molecule has 3 atom stereocenters. The number of quaternary nitrogens is 1. The lowest BCUT2D eigenvalue weighted by atomic mass is 10.0. The number of rotatable bonds is 74. The molecule has 0 aliphatic rings. The minimum atomic E-state index is -4.36. The highest BCUT2D eigenvalue weighted by Crippen LogP contribution is 2.43. The molecule has 3 N–H and O–H groups in total. The van der Waals surface area contributed by atoms with Crippen molar-refractivity contribution in [3.05, 3.63) is 24.3 Å². The molecule has 0 aromatic heterocycles. The summed E-state index contributed by atoms with van der Waals surface area (Å²) in [5.41, 5.74) is 0. The summed E-state index contributed by atoms with van der Waals surface area (Å²) in [6.45, 7) is 4.87. The van der Waals surface area contributed by atoms with E-state index in [4.69, 9.17) is 9.05 Å². The number of hydrogen-bond acceptors (Lipinski definition) is 5. The molecule has 9 heteroatoms. The molecule has 0 saturated heterocycles. The Morgan fingerprint density at radius 3 is 0.920 bits per heavy atom. The second-order valence-electron chi connectivity index (χ2n) is 28.4.